The van der Waals surface area contributed by atoms with Gasteiger partial charge in [0.15, 0.2) is 0 Å². The van der Waals surface area contributed by atoms with Crippen LogP contribution in [0.4, 0.5) is 11.4 Å². The molecule has 3 aromatic rings. The van der Waals surface area contributed by atoms with Gasteiger partial charge in [-0.05, 0) is 42.8 Å². The molecular formula is C22H20Cl2N2O. The summed E-state index contributed by atoms with van der Waals surface area (Å²) in [6.45, 7) is 1.90. The molecular weight excluding hydrogens is 379 g/mol. The van der Waals surface area contributed by atoms with Crippen LogP contribution in [-0.2, 0) is 0 Å². The van der Waals surface area contributed by atoms with Gasteiger partial charge >= 0.3 is 0 Å². The molecule has 3 rings (SSSR count). The van der Waals surface area contributed by atoms with Gasteiger partial charge in [0, 0.05) is 16.9 Å². The second-order valence-electron chi connectivity index (χ2n) is 6.11. The van der Waals surface area contributed by atoms with Gasteiger partial charge in [0.05, 0.1) is 0 Å². The molecule has 0 aliphatic carbocycles. The fourth-order valence-corrected chi connectivity index (χ4v) is 3.28. The molecule has 1 N–H and O–H groups in total. The van der Waals surface area contributed by atoms with E-state index in [4.69, 9.17) is 23.2 Å². The van der Waals surface area contributed by atoms with Gasteiger partial charge < -0.3 is 10.2 Å². The molecule has 5 heteroatoms. The summed E-state index contributed by atoms with van der Waals surface area (Å²) >= 11 is 12.6. The number of aryl methyl sites for hydroxylation is 1. The highest BCUT2D eigenvalue weighted by molar-refractivity contribution is 6.45. The van der Waals surface area contributed by atoms with Crippen molar-refractivity contribution in [3.8, 4) is 0 Å². The number of carbonyl (C=O) groups is 1. The van der Waals surface area contributed by atoms with E-state index in [1.165, 1.54) is 0 Å². The number of alkyl halides is 2. The summed E-state index contributed by atoms with van der Waals surface area (Å²) in [5.41, 5.74) is 3.24. The van der Waals surface area contributed by atoms with Crippen molar-refractivity contribution in [2.75, 3.05) is 4.90 Å². The maximum absolute atomic E-state index is 12.9. The van der Waals surface area contributed by atoms with Gasteiger partial charge in [-0.25, -0.2) is 0 Å². The lowest BCUT2D eigenvalue weighted by Crippen LogP contribution is -2.50. The molecule has 0 spiro atoms. The zero-order valence-electron chi connectivity index (χ0n) is 14.8. The number of amides is 1. The van der Waals surface area contributed by atoms with Crippen molar-refractivity contribution in [1.29, 1.82) is 0 Å². The largest absolute Gasteiger partial charge is 0.329 e. The van der Waals surface area contributed by atoms with Crippen molar-refractivity contribution in [2.45, 2.75) is 17.9 Å². The zero-order chi connectivity index (χ0) is 19.2. The third-order valence-electron chi connectivity index (χ3n) is 4.25. The van der Waals surface area contributed by atoms with Crippen molar-refractivity contribution < 1.29 is 4.79 Å². The number of nitrogens with zero attached hydrogens (tertiary/aromatic N) is 1. The molecule has 1 unspecified atom stereocenters. The van der Waals surface area contributed by atoms with E-state index in [0.717, 1.165) is 16.9 Å². The Kier molecular flexibility index (Phi) is 6.38. The van der Waals surface area contributed by atoms with Gasteiger partial charge in [-0.1, -0.05) is 54.6 Å². The number of halogens is 2. The lowest BCUT2D eigenvalue weighted by molar-refractivity contribution is 0.0939. The van der Waals surface area contributed by atoms with Crippen LogP contribution in [0.3, 0.4) is 0 Å². The summed E-state index contributed by atoms with van der Waals surface area (Å²) in [7, 11) is 0. The standard InChI is InChI=1S/C22H20Cl2N2O/c1-16-10-8-9-15-19(16)22(27)25-21(20(23)24)26(17-11-4-2-5-12-17)18-13-6-3-7-14-18/h2-15,20-21H,1H3,(H,25,27). The van der Waals surface area contributed by atoms with E-state index < -0.39 is 11.0 Å². The number of nitrogens with one attached hydrogen (secondary N) is 1. The zero-order valence-corrected chi connectivity index (χ0v) is 16.4. The Balaban J connectivity index is 1.99. The third-order valence-corrected chi connectivity index (χ3v) is 4.73. The van der Waals surface area contributed by atoms with Crippen molar-refractivity contribution in [3.05, 3.63) is 96.1 Å². The van der Waals surface area contributed by atoms with Gasteiger partial charge in [0.1, 0.15) is 11.0 Å². The van der Waals surface area contributed by atoms with Gasteiger partial charge in [0.2, 0.25) is 0 Å². The van der Waals surface area contributed by atoms with E-state index in [0.29, 0.717) is 5.56 Å². The molecule has 0 radical (unpaired) electrons. The maximum Gasteiger partial charge on any atom is 0.253 e. The molecule has 0 saturated heterocycles. The fraction of sp³-hybridized carbons (Fsp3) is 0.136. The van der Waals surface area contributed by atoms with Crippen LogP contribution in [0.15, 0.2) is 84.9 Å². The van der Waals surface area contributed by atoms with Gasteiger partial charge in [-0.2, -0.15) is 0 Å². The molecule has 0 bridgehead atoms. The van der Waals surface area contributed by atoms with Crippen LogP contribution in [0.5, 0.6) is 0 Å². The molecule has 0 heterocycles. The second-order valence-corrected chi connectivity index (χ2v) is 7.27. The molecule has 138 valence electrons. The van der Waals surface area contributed by atoms with Gasteiger partial charge in [0.25, 0.3) is 5.91 Å². The Labute approximate surface area is 169 Å². The third kappa shape index (κ3) is 4.62. The van der Waals surface area contributed by atoms with E-state index in [1.807, 2.05) is 90.7 Å². The molecule has 0 fully saturated rings. The number of hydrogen-bond donors (Lipinski definition) is 1. The Morgan fingerprint density at radius 1 is 0.815 bits per heavy atom. The SMILES string of the molecule is Cc1ccccc1C(=O)NC(C(Cl)Cl)N(c1ccccc1)c1ccccc1. The number of anilines is 2. The van der Waals surface area contributed by atoms with Crippen LogP contribution in [0.1, 0.15) is 15.9 Å². The molecule has 1 atom stereocenters. The normalized spacial score (nSPS) is 11.9. The molecule has 3 aromatic carbocycles. The fourth-order valence-electron chi connectivity index (χ4n) is 2.93. The van der Waals surface area contributed by atoms with Crippen molar-refractivity contribution in [1.82, 2.24) is 5.32 Å². The highest BCUT2D eigenvalue weighted by Gasteiger charge is 2.28. The average molecular weight is 399 g/mol. The first kappa shape index (κ1) is 19.3. The van der Waals surface area contributed by atoms with Gasteiger partial charge in [-0.3, -0.25) is 4.79 Å². The smallest absolute Gasteiger partial charge is 0.253 e. The molecule has 0 aliphatic rings. The first-order valence-corrected chi connectivity index (χ1v) is 9.49. The molecule has 0 saturated carbocycles. The first-order chi connectivity index (χ1) is 13.1. The summed E-state index contributed by atoms with van der Waals surface area (Å²) in [5, 5.41) is 2.99. The molecule has 1 amide bonds. The summed E-state index contributed by atoms with van der Waals surface area (Å²) < 4.78 is 0. The number of benzene rings is 3. The Morgan fingerprint density at radius 3 is 1.78 bits per heavy atom. The molecule has 3 nitrogen and oxygen atoms in total. The number of rotatable bonds is 6. The summed E-state index contributed by atoms with van der Waals surface area (Å²) in [5.74, 6) is -0.221. The van der Waals surface area contributed by atoms with Crippen molar-refractivity contribution >= 4 is 40.5 Å². The summed E-state index contributed by atoms with van der Waals surface area (Å²) in [6, 6.07) is 26.8. The molecule has 27 heavy (non-hydrogen) atoms. The second kappa shape index (κ2) is 8.94. The van der Waals surface area contributed by atoms with Crippen LogP contribution in [0.2, 0.25) is 0 Å². The number of carbonyl (C=O) groups excluding carboxylic acids is 1. The lowest BCUT2D eigenvalue weighted by atomic mass is 10.1. The van der Waals surface area contributed by atoms with Crippen LogP contribution in [0.25, 0.3) is 0 Å². The van der Waals surface area contributed by atoms with Crippen molar-refractivity contribution in [2.24, 2.45) is 0 Å². The van der Waals surface area contributed by atoms with Gasteiger partial charge in [-0.15, -0.1) is 23.2 Å². The maximum atomic E-state index is 12.9. The van der Waals surface area contributed by atoms with E-state index in [1.54, 1.807) is 6.07 Å². The molecule has 0 aliphatic heterocycles. The quantitative estimate of drug-likeness (QED) is 0.426. The minimum atomic E-state index is -0.849. The van der Waals surface area contributed by atoms with Crippen LogP contribution < -0.4 is 10.2 Å². The minimum Gasteiger partial charge on any atom is -0.329 e. The highest BCUT2D eigenvalue weighted by atomic mass is 35.5. The van der Waals surface area contributed by atoms with E-state index in [2.05, 4.69) is 5.32 Å². The number of hydrogen-bond acceptors (Lipinski definition) is 2. The van der Waals surface area contributed by atoms with Crippen LogP contribution in [0, 0.1) is 6.92 Å². The lowest BCUT2D eigenvalue weighted by Gasteiger charge is -2.35. The van der Waals surface area contributed by atoms with Crippen LogP contribution in [-0.4, -0.2) is 16.9 Å². The minimum absolute atomic E-state index is 0.221. The Morgan fingerprint density at radius 2 is 1.30 bits per heavy atom. The Bertz CT molecular complexity index is 846. The highest BCUT2D eigenvalue weighted by Crippen LogP contribution is 2.30. The summed E-state index contributed by atoms with van der Waals surface area (Å²) in [6.07, 6.45) is -0.648. The van der Waals surface area contributed by atoms with Crippen LogP contribution >= 0.6 is 23.2 Å². The van der Waals surface area contributed by atoms with E-state index >= 15 is 0 Å². The van der Waals surface area contributed by atoms with Crippen molar-refractivity contribution in [3.63, 3.8) is 0 Å². The van der Waals surface area contributed by atoms with E-state index in [9.17, 15) is 4.79 Å². The molecule has 0 aromatic heterocycles. The average Bonchev–Trinajstić information content (AvgIpc) is 2.69. The predicted molar refractivity (Wildman–Crippen MR) is 113 cm³/mol. The topological polar surface area (TPSA) is 32.3 Å². The first-order valence-electron chi connectivity index (χ1n) is 8.62. The number of para-hydroxylation sites is 2. The Hall–Kier alpha value is -2.49. The summed E-state index contributed by atoms with van der Waals surface area (Å²) in [4.78, 5) is 14.0. The predicted octanol–water partition coefficient (Wildman–Crippen LogP) is 5.69. The van der Waals surface area contributed by atoms with E-state index in [-0.39, 0.29) is 5.91 Å². The monoisotopic (exact) mass is 398 g/mol.